The van der Waals surface area contributed by atoms with Crippen molar-refractivity contribution in [2.45, 2.75) is 48.6 Å². The quantitative estimate of drug-likeness (QED) is 0.801. The molecule has 1 heterocycles. The number of fused-ring (bicyclic) bond motifs is 1. The van der Waals surface area contributed by atoms with Gasteiger partial charge < -0.3 is 4.74 Å². The topological polar surface area (TPSA) is 46.6 Å². The van der Waals surface area contributed by atoms with Crippen LogP contribution >= 0.6 is 11.6 Å². The van der Waals surface area contributed by atoms with E-state index in [4.69, 9.17) is 16.3 Å². The molecule has 1 saturated heterocycles. The van der Waals surface area contributed by atoms with Crippen LogP contribution in [0, 0.1) is 0 Å². The predicted octanol–water partition coefficient (Wildman–Crippen LogP) is 2.76. The largest absolute Gasteiger partial charge is 0.375 e. The zero-order chi connectivity index (χ0) is 14.9. The number of ether oxygens (including phenoxy) is 1. The molecule has 0 N–H and O–H groups in total. The highest BCUT2D eigenvalue weighted by atomic mass is 35.5. The van der Waals surface area contributed by atoms with Crippen LogP contribution in [0.5, 0.6) is 0 Å². The minimum atomic E-state index is -3.51. The molecule has 1 saturated carbocycles. The van der Waals surface area contributed by atoms with E-state index in [1.54, 1.807) is 22.5 Å². The minimum Gasteiger partial charge on any atom is -0.375 e. The van der Waals surface area contributed by atoms with Gasteiger partial charge in [0.05, 0.1) is 23.6 Å². The average molecular weight is 330 g/mol. The summed E-state index contributed by atoms with van der Waals surface area (Å²) in [6.45, 7) is 0.906. The summed E-state index contributed by atoms with van der Waals surface area (Å²) in [5, 5.41) is 0. The van der Waals surface area contributed by atoms with Crippen molar-refractivity contribution in [3.63, 3.8) is 0 Å². The van der Waals surface area contributed by atoms with Crippen LogP contribution in [0.4, 0.5) is 0 Å². The summed E-state index contributed by atoms with van der Waals surface area (Å²) >= 11 is 5.91. The lowest BCUT2D eigenvalue weighted by molar-refractivity contribution is -0.0586. The summed E-state index contributed by atoms with van der Waals surface area (Å²) in [5.74, 6) is 0.202. The van der Waals surface area contributed by atoms with Crippen LogP contribution in [-0.2, 0) is 20.6 Å². The lowest BCUT2D eigenvalue weighted by Gasteiger charge is -2.42. The zero-order valence-electron chi connectivity index (χ0n) is 11.9. The summed E-state index contributed by atoms with van der Waals surface area (Å²) in [7, 11) is -3.51. The maximum absolute atomic E-state index is 13.0. The van der Waals surface area contributed by atoms with E-state index in [9.17, 15) is 8.42 Å². The van der Waals surface area contributed by atoms with Crippen LogP contribution in [0.3, 0.4) is 0 Å². The molecule has 1 aromatic rings. The molecule has 2 aliphatic rings. The van der Waals surface area contributed by atoms with Gasteiger partial charge in [-0.3, -0.25) is 0 Å². The normalized spacial score (nSPS) is 27.3. The van der Waals surface area contributed by atoms with Crippen molar-refractivity contribution in [1.29, 1.82) is 0 Å². The Labute approximate surface area is 131 Å². The van der Waals surface area contributed by atoms with Crippen molar-refractivity contribution in [2.75, 3.05) is 13.2 Å². The van der Waals surface area contributed by atoms with Crippen molar-refractivity contribution in [1.82, 2.24) is 4.31 Å². The van der Waals surface area contributed by atoms with E-state index >= 15 is 0 Å². The summed E-state index contributed by atoms with van der Waals surface area (Å²) in [6, 6.07) is 6.97. The maximum Gasteiger partial charge on any atom is 0.243 e. The number of alkyl halides is 1. The number of hydrogen-bond acceptors (Lipinski definition) is 3. The molecule has 21 heavy (non-hydrogen) atoms. The first-order valence-electron chi connectivity index (χ1n) is 7.42. The third-order valence-electron chi connectivity index (χ3n) is 4.38. The van der Waals surface area contributed by atoms with Gasteiger partial charge >= 0.3 is 0 Å². The highest BCUT2D eigenvalue weighted by Gasteiger charge is 2.41. The third kappa shape index (κ3) is 2.84. The van der Waals surface area contributed by atoms with E-state index in [-0.39, 0.29) is 18.0 Å². The van der Waals surface area contributed by atoms with Crippen LogP contribution in [0.15, 0.2) is 29.2 Å². The summed E-state index contributed by atoms with van der Waals surface area (Å²) in [4.78, 5) is 0.339. The average Bonchev–Trinajstić information content (AvgIpc) is 2.54. The Morgan fingerprint density at radius 2 is 2.00 bits per heavy atom. The Balaban J connectivity index is 1.96. The van der Waals surface area contributed by atoms with E-state index in [1.807, 2.05) is 6.07 Å². The van der Waals surface area contributed by atoms with Gasteiger partial charge in [-0.1, -0.05) is 31.0 Å². The Morgan fingerprint density at radius 3 is 2.81 bits per heavy atom. The van der Waals surface area contributed by atoms with Gasteiger partial charge in [0, 0.05) is 12.4 Å². The maximum atomic E-state index is 13.0. The lowest BCUT2D eigenvalue weighted by atomic mass is 9.91. The number of hydrogen-bond donors (Lipinski definition) is 0. The number of nitrogens with zero attached hydrogens (tertiary/aromatic N) is 1. The SMILES string of the molecule is O=S(=O)(c1ccccc1CCl)N1CCOC2CCCCC21. The Morgan fingerprint density at radius 1 is 1.24 bits per heavy atom. The van der Waals surface area contributed by atoms with Gasteiger partial charge in [0.15, 0.2) is 0 Å². The first kappa shape index (κ1) is 15.3. The van der Waals surface area contributed by atoms with Crippen LogP contribution in [-0.4, -0.2) is 38.0 Å². The van der Waals surface area contributed by atoms with E-state index < -0.39 is 10.0 Å². The second kappa shape index (κ2) is 6.24. The monoisotopic (exact) mass is 329 g/mol. The smallest absolute Gasteiger partial charge is 0.243 e. The molecule has 116 valence electrons. The Bertz CT molecular complexity index is 603. The molecule has 2 unspecified atom stereocenters. The summed E-state index contributed by atoms with van der Waals surface area (Å²) < 4.78 is 33.5. The minimum absolute atomic E-state index is 0.0270. The summed E-state index contributed by atoms with van der Waals surface area (Å²) in [5.41, 5.74) is 0.665. The predicted molar refractivity (Wildman–Crippen MR) is 81.9 cm³/mol. The Hall–Kier alpha value is -0.620. The van der Waals surface area contributed by atoms with Gasteiger partial charge in [-0.25, -0.2) is 8.42 Å². The van der Waals surface area contributed by atoms with Crippen molar-refractivity contribution in [2.24, 2.45) is 0 Å². The molecule has 0 spiro atoms. The van der Waals surface area contributed by atoms with Crippen molar-refractivity contribution >= 4 is 21.6 Å². The molecule has 0 bridgehead atoms. The van der Waals surface area contributed by atoms with Gasteiger partial charge in [0.25, 0.3) is 0 Å². The molecule has 1 aromatic carbocycles. The van der Waals surface area contributed by atoms with Crippen molar-refractivity contribution < 1.29 is 13.2 Å². The first-order valence-corrected chi connectivity index (χ1v) is 9.39. The Kier molecular flexibility index (Phi) is 4.54. The van der Waals surface area contributed by atoms with E-state index in [2.05, 4.69) is 0 Å². The van der Waals surface area contributed by atoms with Crippen LogP contribution < -0.4 is 0 Å². The zero-order valence-corrected chi connectivity index (χ0v) is 13.4. The fourth-order valence-corrected chi connectivity index (χ4v) is 5.55. The van der Waals surface area contributed by atoms with E-state index in [0.29, 0.717) is 23.6 Å². The van der Waals surface area contributed by atoms with Crippen molar-refractivity contribution in [3.05, 3.63) is 29.8 Å². The lowest BCUT2D eigenvalue weighted by Crippen LogP contribution is -2.54. The van der Waals surface area contributed by atoms with Crippen molar-refractivity contribution in [3.8, 4) is 0 Å². The molecular formula is C15H20ClNO3S. The number of benzene rings is 1. The number of halogens is 1. The van der Waals surface area contributed by atoms with Gasteiger partial charge in [-0.15, -0.1) is 11.6 Å². The molecule has 0 aromatic heterocycles. The summed E-state index contributed by atoms with van der Waals surface area (Å²) in [6.07, 6.45) is 4.06. The van der Waals surface area contributed by atoms with E-state index in [1.165, 1.54) is 0 Å². The molecule has 3 rings (SSSR count). The fourth-order valence-electron chi connectivity index (χ4n) is 3.35. The van der Waals surface area contributed by atoms with E-state index in [0.717, 1.165) is 25.7 Å². The second-order valence-electron chi connectivity index (χ2n) is 5.62. The van der Waals surface area contributed by atoms with Gasteiger partial charge in [-0.2, -0.15) is 4.31 Å². The molecule has 0 amide bonds. The second-order valence-corrected chi connectivity index (χ2v) is 7.74. The third-order valence-corrected chi connectivity index (χ3v) is 6.70. The van der Waals surface area contributed by atoms with Gasteiger partial charge in [0.1, 0.15) is 0 Å². The molecule has 4 nitrogen and oxygen atoms in total. The first-order chi connectivity index (χ1) is 10.1. The molecule has 2 atom stereocenters. The number of sulfonamides is 1. The van der Waals surface area contributed by atoms with Gasteiger partial charge in [-0.05, 0) is 24.5 Å². The van der Waals surface area contributed by atoms with Crippen LogP contribution in [0.1, 0.15) is 31.2 Å². The standard InChI is InChI=1S/C15H20ClNO3S/c16-11-12-5-1-4-8-15(12)21(18,19)17-9-10-20-14-7-3-2-6-13(14)17/h1,4-5,8,13-14H,2-3,6-7,9-11H2. The van der Waals surface area contributed by atoms with Crippen LogP contribution in [0.25, 0.3) is 0 Å². The van der Waals surface area contributed by atoms with Crippen LogP contribution in [0.2, 0.25) is 0 Å². The molecular weight excluding hydrogens is 310 g/mol. The number of rotatable bonds is 3. The molecule has 1 aliphatic heterocycles. The number of morpholine rings is 1. The highest BCUT2D eigenvalue weighted by molar-refractivity contribution is 7.89. The molecule has 0 radical (unpaired) electrons. The molecule has 1 aliphatic carbocycles. The fraction of sp³-hybridized carbons (Fsp3) is 0.600. The van der Waals surface area contributed by atoms with Gasteiger partial charge in [0.2, 0.25) is 10.0 Å². The molecule has 6 heteroatoms. The highest BCUT2D eigenvalue weighted by Crippen LogP contribution is 2.33. The molecule has 2 fully saturated rings.